The number of allylic oxidation sites excluding steroid dienone is 1. The third-order valence-electron chi connectivity index (χ3n) is 10.8. The van der Waals surface area contributed by atoms with Crippen LogP contribution in [0.1, 0.15) is 89.0 Å². The molecule has 3 saturated carbocycles. The molecule has 7 rings (SSSR count). The van der Waals surface area contributed by atoms with Crippen molar-refractivity contribution in [2.24, 2.45) is 11.1 Å². The molecule has 3 N–H and O–H groups in total. The first-order chi connectivity index (χ1) is 25.6. The maximum Gasteiger partial charge on any atom is 0.408 e. The van der Waals surface area contributed by atoms with Gasteiger partial charge in [0, 0.05) is 30.3 Å². The second kappa shape index (κ2) is 15.7. The van der Waals surface area contributed by atoms with E-state index in [1.807, 2.05) is 48.7 Å². The summed E-state index contributed by atoms with van der Waals surface area (Å²) in [5, 5.41) is 13.6. The van der Waals surface area contributed by atoms with Crippen molar-refractivity contribution in [1.82, 2.24) is 30.0 Å². The van der Waals surface area contributed by atoms with Crippen LogP contribution in [0.25, 0.3) is 5.69 Å². The second-order valence-electron chi connectivity index (χ2n) is 14.7. The molecule has 0 radical (unpaired) electrons. The fourth-order valence-corrected chi connectivity index (χ4v) is 8.93. The first-order valence-electron chi connectivity index (χ1n) is 18.7. The van der Waals surface area contributed by atoms with Gasteiger partial charge in [-0.3, -0.25) is 19.1 Å². The molecular formula is C37H47N7O8S. The van der Waals surface area contributed by atoms with E-state index in [2.05, 4.69) is 25.6 Å². The maximum atomic E-state index is 14.4. The van der Waals surface area contributed by atoms with Crippen LogP contribution in [0.15, 0.2) is 60.0 Å². The normalized spacial score (nSPS) is 28.9. The molecule has 3 heterocycles. The fourth-order valence-electron chi connectivity index (χ4n) is 7.56. The molecular weight excluding hydrogens is 703 g/mol. The third kappa shape index (κ3) is 8.58. The predicted octanol–water partition coefficient (Wildman–Crippen LogP) is 3.23. The van der Waals surface area contributed by atoms with E-state index >= 15 is 0 Å². The molecule has 5 atom stereocenters. The highest BCUT2D eigenvalue weighted by Crippen LogP contribution is 2.46. The van der Waals surface area contributed by atoms with Crippen LogP contribution in [0.2, 0.25) is 0 Å². The molecule has 284 valence electrons. The van der Waals surface area contributed by atoms with Crippen LogP contribution in [-0.4, -0.2) is 94.8 Å². The van der Waals surface area contributed by atoms with Gasteiger partial charge in [0.05, 0.1) is 23.7 Å². The molecule has 4 amide bonds. The largest absolute Gasteiger partial charge is 0.446 e. The number of carbonyl (C=O) groups is 4. The van der Waals surface area contributed by atoms with Crippen molar-refractivity contribution >= 4 is 40.1 Å². The van der Waals surface area contributed by atoms with Crippen molar-refractivity contribution in [2.75, 3.05) is 6.54 Å². The Bertz CT molecular complexity index is 1840. The number of sulfonamides is 1. The summed E-state index contributed by atoms with van der Waals surface area (Å²) >= 11 is 0. The van der Waals surface area contributed by atoms with E-state index in [9.17, 15) is 27.6 Å². The Hall–Kier alpha value is -4.73. The van der Waals surface area contributed by atoms with Gasteiger partial charge in [-0.15, -0.1) is 0 Å². The lowest BCUT2D eigenvalue weighted by Gasteiger charge is -2.30. The van der Waals surface area contributed by atoms with Gasteiger partial charge in [-0.2, -0.15) is 5.10 Å². The Kier molecular flexibility index (Phi) is 10.9. The Morgan fingerprint density at radius 1 is 1.00 bits per heavy atom. The van der Waals surface area contributed by atoms with Crippen LogP contribution in [0.3, 0.4) is 0 Å². The smallest absolute Gasteiger partial charge is 0.408 e. The molecule has 16 heteroatoms. The minimum atomic E-state index is -3.88. The number of hydrogen-bond acceptors (Lipinski definition) is 10. The molecule has 1 aromatic heterocycles. The highest BCUT2D eigenvalue weighted by molar-refractivity contribution is 7.91. The van der Waals surface area contributed by atoms with E-state index in [1.165, 1.54) is 4.90 Å². The van der Waals surface area contributed by atoms with Crippen LogP contribution >= 0.6 is 0 Å². The molecule has 1 unspecified atom stereocenters. The number of alkyl carbamates (subject to hydrolysis) is 1. The second-order valence-corrected chi connectivity index (χ2v) is 16.7. The average Bonchev–Trinajstić information content (AvgIpc) is 3.87. The minimum absolute atomic E-state index is 0.0104. The fraction of sp³-hybridized carbons (Fsp3) is 0.568. The third-order valence-corrected chi connectivity index (χ3v) is 12.6. The summed E-state index contributed by atoms with van der Waals surface area (Å²) in [7, 11) is -3.88. The summed E-state index contributed by atoms with van der Waals surface area (Å²) in [4.78, 5) is 62.6. The number of benzene rings is 1. The molecule has 5 aliphatic rings. The number of amides is 4. The van der Waals surface area contributed by atoms with E-state index in [-0.39, 0.29) is 25.5 Å². The molecule has 2 aliphatic heterocycles. The number of aromatic nitrogens is 2. The zero-order valence-electron chi connectivity index (χ0n) is 29.6. The lowest BCUT2D eigenvalue weighted by molar-refractivity contribution is -0.141. The van der Waals surface area contributed by atoms with Gasteiger partial charge in [0.15, 0.2) is 0 Å². The molecule has 0 spiro atoms. The predicted molar refractivity (Wildman–Crippen MR) is 193 cm³/mol. The van der Waals surface area contributed by atoms with Crippen molar-refractivity contribution in [1.29, 1.82) is 0 Å². The summed E-state index contributed by atoms with van der Waals surface area (Å²) < 4.78 is 35.1. The first kappa shape index (κ1) is 36.6. The Morgan fingerprint density at radius 2 is 1.79 bits per heavy atom. The van der Waals surface area contributed by atoms with E-state index in [4.69, 9.17) is 9.57 Å². The van der Waals surface area contributed by atoms with Gasteiger partial charge >= 0.3 is 6.09 Å². The highest BCUT2D eigenvalue weighted by atomic mass is 32.2. The Morgan fingerprint density at radius 3 is 2.57 bits per heavy atom. The van der Waals surface area contributed by atoms with Gasteiger partial charge in [0.25, 0.3) is 5.91 Å². The summed E-state index contributed by atoms with van der Waals surface area (Å²) in [6, 6.07) is 7.24. The van der Waals surface area contributed by atoms with Gasteiger partial charge < -0.3 is 25.1 Å². The van der Waals surface area contributed by atoms with Gasteiger partial charge in [0.2, 0.25) is 21.8 Å². The van der Waals surface area contributed by atoms with Crippen molar-refractivity contribution < 1.29 is 37.2 Å². The number of fused-ring (bicyclic) bond motifs is 2. The van der Waals surface area contributed by atoms with Crippen molar-refractivity contribution in [3.05, 3.63) is 60.4 Å². The topological polar surface area (TPSA) is 190 Å². The average molecular weight is 750 g/mol. The molecule has 0 bridgehead atoms. The molecule has 1 saturated heterocycles. The number of carbonyl (C=O) groups excluding carboxylic acids is 4. The van der Waals surface area contributed by atoms with Gasteiger partial charge in [-0.25, -0.2) is 17.9 Å². The Labute approximate surface area is 308 Å². The quantitative estimate of drug-likeness (QED) is 0.196. The van der Waals surface area contributed by atoms with E-state index in [0.29, 0.717) is 32.1 Å². The lowest BCUT2D eigenvalue weighted by Crippen LogP contribution is -2.58. The number of rotatable bonds is 9. The van der Waals surface area contributed by atoms with Crippen molar-refractivity contribution in [3.63, 3.8) is 0 Å². The summed E-state index contributed by atoms with van der Waals surface area (Å²) in [5.41, 5.74) is 0.0163. The first-order valence-corrected chi connectivity index (χ1v) is 20.3. The van der Waals surface area contributed by atoms with Crippen LogP contribution in [0, 0.1) is 5.92 Å². The van der Waals surface area contributed by atoms with Crippen LogP contribution < -0.4 is 15.4 Å². The Balaban J connectivity index is 1.13. The van der Waals surface area contributed by atoms with Gasteiger partial charge in [-0.1, -0.05) is 48.3 Å². The standard InChI is InChI=1S/C37H47N7O8S/c45-33-32-21-28(52-39-23-25-11-6-9-16-31(25)44-20-10-19-38-44)24-43(32)34(46)30(40-36(48)51-27-13-7-8-14-27)15-5-3-1-2-4-12-26-22-37(26,41-33)35(47)42-53(49,50)29-17-18-29/h4,6,9-12,16,19-20,23,26-30,32H,1-3,5,7-8,13-15,17-18,21-22,24H2,(H,40,48)(H,41,45)(H,42,47)/b12-4-,39-23+/t26-,28-,30+,32+,37?/m1/s1. The van der Waals surface area contributed by atoms with E-state index in [0.717, 1.165) is 49.8 Å². The van der Waals surface area contributed by atoms with E-state index < -0.39 is 68.7 Å². The summed E-state index contributed by atoms with van der Waals surface area (Å²) in [5.74, 6) is -2.28. The zero-order chi connectivity index (χ0) is 37.0. The van der Waals surface area contributed by atoms with Crippen LogP contribution in [0.5, 0.6) is 0 Å². The number of nitrogens with one attached hydrogen (secondary N) is 3. The number of oxime groups is 1. The molecule has 53 heavy (non-hydrogen) atoms. The summed E-state index contributed by atoms with van der Waals surface area (Å²) in [6.45, 7) is -0.0104. The SMILES string of the molecule is O=C(N[C@H]1CCCCC/C=C\[C@@H]2CC2(C(=O)NS(=O)(=O)C2CC2)NC(=O)[C@@H]2C[C@@H](O/N=C/c3ccccc3-n3cccn3)CN2C1=O)OC1CCCC1. The van der Waals surface area contributed by atoms with Crippen LogP contribution in [-0.2, 0) is 34.0 Å². The highest BCUT2D eigenvalue weighted by Gasteiger charge is 2.62. The zero-order valence-corrected chi connectivity index (χ0v) is 30.4. The number of para-hydroxylation sites is 1. The van der Waals surface area contributed by atoms with E-state index in [1.54, 1.807) is 17.1 Å². The summed E-state index contributed by atoms with van der Waals surface area (Å²) in [6.07, 6.45) is 15.3. The molecule has 3 aliphatic carbocycles. The number of ether oxygens (including phenoxy) is 1. The lowest BCUT2D eigenvalue weighted by atomic mass is 10.0. The molecule has 1 aromatic carbocycles. The van der Waals surface area contributed by atoms with Crippen LogP contribution in [0.4, 0.5) is 4.79 Å². The molecule has 2 aromatic rings. The van der Waals surface area contributed by atoms with Crippen molar-refractivity contribution in [3.8, 4) is 5.69 Å². The minimum Gasteiger partial charge on any atom is -0.446 e. The number of nitrogens with zero attached hydrogens (tertiary/aromatic N) is 4. The molecule has 15 nitrogen and oxygen atoms in total. The maximum absolute atomic E-state index is 14.4. The molecule has 4 fully saturated rings. The van der Waals surface area contributed by atoms with Crippen molar-refractivity contribution in [2.45, 2.75) is 119 Å². The number of hydrogen-bond donors (Lipinski definition) is 3. The van der Waals surface area contributed by atoms with Gasteiger partial charge in [0.1, 0.15) is 29.8 Å². The monoisotopic (exact) mass is 749 g/mol. The van der Waals surface area contributed by atoms with Gasteiger partial charge in [-0.05, 0) is 76.3 Å².